The molecular weight excluding hydrogens is 320 g/mol. The first kappa shape index (κ1) is 15.7. The summed E-state index contributed by atoms with van der Waals surface area (Å²) < 4.78 is 16.3. The number of carbonyl (C=O) groups is 2. The molecule has 5 heteroatoms. The number of ether oxygens (including phenoxy) is 2. The monoisotopic (exact) mass is 338 g/mol. The zero-order chi connectivity index (χ0) is 17.2. The number of allylic oxidation sites excluding steroid dienone is 1. The summed E-state index contributed by atoms with van der Waals surface area (Å²) in [6, 6.07) is 8.34. The van der Waals surface area contributed by atoms with Gasteiger partial charge in [0.15, 0.2) is 5.76 Å². The van der Waals surface area contributed by atoms with E-state index in [1.54, 1.807) is 36.4 Å². The average molecular weight is 338 g/mol. The van der Waals surface area contributed by atoms with Crippen LogP contribution in [0.25, 0.3) is 6.08 Å². The fourth-order valence-electron chi connectivity index (χ4n) is 3.27. The number of carbonyl (C=O) groups excluding carboxylic acids is 2. The van der Waals surface area contributed by atoms with Crippen molar-refractivity contribution in [3.8, 4) is 11.5 Å². The number of hydrogen-bond donors (Lipinski definition) is 0. The lowest BCUT2D eigenvalue weighted by Crippen LogP contribution is -2.22. The van der Waals surface area contributed by atoms with Gasteiger partial charge in [0.05, 0.1) is 17.7 Å². The molecule has 25 heavy (non-hydrogen) atoms. The van der Waals surface area contributed by atoms with Gasteiger partial charge in [-0.2, -0.15) is 0 Å². The topological polar surface area (TPSA) is 65.7 Å². The maximum atomic E-state index is 12.4. The second-order valence-corrected chi connectivity index (χ2v) is 6.37. The van der Waals surface area contributed by atoms with Crippen LogP contribution in [0.4, 0.5) is 0 Å². The van der Waals surface area contributed by atoms with Gasteiger partial charge >= 0.3 is 5.97 Å². The Kier molecular flexibility index (Phi) is 4.14. The van der Waals surface area contributed by atoms with E-state index in [1.165, 1.54) is 12.7 Å². The highest BCUT2D eigenvalue weighted by molar-refractivity contribution is 6.14. The summed E-state index contributed by atoms with van der Waals surface area (Å²) in [6.45, 7) is 0. The van der Waals surface area contributed by atoms with Gasteiger partial charge in [-0.3, -0.25) is 9.59 Å². The fraction of sp³-hybridized carbons (Fsp3) is 0.300. The largest absolute Gasteiger partial charge is 0.465 e. The highest BCUT2D eigenvalue weighted by atomic mass is 16.5. The number of fused-ring (bicyclic) bond motifs is 1. The SMILES string of the molecule is O=C1/C(=C\c2ccco2)Oc2cc(OC(=O)C3CCCCC3)ccc21. The molecular formula is C20H18O5. The van der Waals surface area contributed by atoms with Crippen molar-refractivity contribution in [1.29, 1.82) is 0 Å². The Hall–Kier alpha value is -2.82. The molecule has 0 N–H and O–H groups in total. The van der Waals surface area contributed by atoms with Crippen LogP contribution in [0.5, 0.6) is 11.5 Å². The first-order valence-electron chi connectivity index (χ1n) is 8.54. The number of hydrogen-bond acceptors (Lipinski definition) is 5. The van der Waals surface area contributed by atoms with Gasteiger partial charge in [-0.1, -0.05) is 19.3 Å². The Morgan fingerprint density at radius 1 is 1.16 bits per heavy atom. The van der Waals surface area contributed by atoms with Crippen LogP contribution < -0.4 is 9.47 Å². The second kappa shape index (κ2) is 6.59. The van der Waals surface area contributed by atoms with Crippen molar-refractivity contribution in [2.45, 2.75) is 32.1 Å². The molecule has 2 heterocycles. The molecule has 1 aliphatic carbocycles. The minimum Gasteiger partial charge on any atom is -0.465 e. The molecule has 1 saturated carbocycles. The number of ketones is 1. The molecule has 2 aliphatic rings. The molecule has 0 spiro atoms. The van der Waals surface area contributed by atoms with E-state index in [0.717, 1.165) is 25.7 Å². The Morgan fingerprint density at radius 3 is 2.76 bits per heavy atom. The third-order valence-electron chi connectivity index (χ3n) is 4.61. The van der Waals surface area contributed by atoms with Crippen LogP contribution in [-0.4, -0.2) is 11.8 Å². The van der Waals surface area contributed by atoms with Crippen molar-refractivity contribution >= 4 is 17.8 Å². The van der Waals surface area contributed by atoms with E-state index in [-0.39, 0.29) is 23.4 Å². The number of benzene rings is 1. The Balaban J connectivity index is 1.50. The molecule has 0 amide bonds. The smallest absolute Gasteiger partial charge is 0.314 e. The van der Waals surface area contributed by atoms with Crippen LogP contribution in [0.2, 0.25) is 0 Å². The molecule has 0 saturated heterocycles. The number of furan rings is 1. The third kappa shape index (κ3) is 3.22. The Labute approximate surface area is 145 Å². The van der Waals surface area contributed by atoms with Gasteiger partial charge in [0.25, 0.3) is 0 Å². The molecule has 1 aliphatic heterocycles. The summed E-state index contributed by atoms with van der Waals surface area (Å²) in [4.78, 5) is 24.6. The van der Waals surface area contributed by atoms with Gasteiger partial charge < -0.3 is 13.9 Å². The van der Waals surface area contributed by atoms with E-state index in [2.05, 4.69) is 0 Å². The van der Waals surface area contributed by atoms with E-state index in [0.29, 0.717) is 22.8 Å². The molecule has 0 unspecified atom stereocenters. The predicted molar refractivity (Wildman–Crippen MR) is 90.3 cm³/mol. The van der Waals surface area contributed by atoms with E-state index < -0.39 is 0 Å². The van der Waals surface area contributed by atoms with Crippen molar-refractivity contribution < 1.29 is 23.5 Å². The van der Waals surface area contributed by atoms with Gasteiger partial charge in [-0.05, 0) is 37.1 Å². The molecule has 1 aromatic heterocycles. The van der Waals surface area contributed by atoms with Crippen LogP contribution in [0.3, 0.4) is 0 Å². The molecule has 0 atom stereocenters. The normalized spacial score (nSPS) is 18.9. The lowest BCUT2D eigenvalue weighted by Gasteiger charge is -2.19. The maximum absolute atomic E-state index is 12.4. The molecule has 0 radical (unpaired) electrons. The fourth-order valence-corrected chi connectivity index (χ4v) is 3.27. The van der Waals surface area contributed by atoms with Crippen molar-refractivity contribution in [1.82, 2.24) is 0 Å². The van der Waals surface area contributed by atoms with Crippen LogP contribution in [0, 0.1) is 5.92 Å². The van der Waals surface area contributed by atoms with Crippen LogP contribution >= 0.6 is 0 Å². The summed E-state index contributed by atoms with van der Waals surface area (Å²) in [5.74, 6) is 1.10. The first-order valence-corrected chi connectivity index (χ1v) is 8.54. The average Bonchev–Trinajstić information content (AvgIpc) is 3.24. The van der Waals surface area contributed by atoms with Gasteiger partial charge in [0.1, 0.15) is 17.3 Å². The summed E-state index contributed by atoms with van der Waals surface area (Å²) in [5, 5.41) is 0. The zero-order valence-corrected chi connectivity index (χ0v) is 13.7. The minimum atomic E-state index is -0.212. The van der Waals surface area contributed by atoms with Crippen molar-refractivity contribution in [3.05, 3.63) is 53.7 Å². The van der Waals surface area contributed by atoms with Gasteiger partial charge in [0.2, 0.25) is 5.78 Å². The molecule has 4 rings (SSSR count). The van der Waals surface area contributed by atoms with Crippen molar-refractivity contribution in [2.75, 3.05) is 0 Å². The maximum Gasteiger partial charge on any atom is 0.314 e. The quantitative estimate of drug-likeness (QED) is 0.472. The first-order chi connectivity index (χ1) is 12.2. The number of esters is 1. The van der Waals surface area contributed by atoms with Gasteiger partial charge in [0, 0.05) is 12.1 Å². The molecule has 1 fully saturated rings. The molecule has 1 aromatic carbocycles. The second-order valence-electron chi connectivity index (χ2n) is 6.37. The van der Waals surface area contributed by atoms with Crippen molar-refractivity contribution in [3.63, 3.8) is 0 Å². The summed E-state index contributed by atoms with van der Waals surface area (Å²) in [6.07, 6.45) is 8.18. The van der Waals surface area contributed by atoms with E-state index in [4.69, 9.17) is 13.9 Å². The summed E-state index contributed by atoms with van der Waals surface area (Å²) in [7, 11) is 0. The Bertz CT molecular complexity index is 826. The predicted octanol–water partition coefficient (Wildman–Crippen LogP) is 4.38. The molecule has 5 nitrogen and oxygen atoms in total. The summed E-state index contributed by atoms with van der Waals surface area (Å²) >= 11 is 0. The number of rotatable bonds is 3. The van der Waals surface area contributed by atoms with Crippen LogP contribution in [0.1, 0.15) is 48.2 Å². The zero-order valence-electron chi connectivity index (χ0n) is 13.7. The molecule has 2 aromatic rings. The standard InChI is InChI=1S/C20H18O5/c21-19-16-9-8-15(24-20(22)13-5-2-1-3-6-13)12-17(16)25-18(19)11-14-7-4-10-23-14/h4,7-13H,1-3,5-6H2/b18-11+. The summed E-state index contributed by atoms with van der Waals surface area (Å²) in [5.41, 5.74) is 0.454. The lowest BCUT2D eigenvalue weighted by atomic mass is 9.89. The molecule has 128 valence electrons. The highest BCUT2D eigenvalue weighted by Gasteiger charge is 2.29. The van der Waals surface area contributed by atoms with Gasteiger partial charge in [-0.25, -0.2) is 0 Å². The minimum absolute atomic E-state index is 0.0287. The Morgan fingerprint density at radius 2 is 2.00 bits per heavy atom. The van der Waals surface area contributed by atoms with Gasteiger partial charge in [-0.15, -0.1) is 0 Å². The van der Waals surface area contributed by atoms with Crippen molar-refractivity contribution in [2.24, 2.45) is 5.92 Å². The van der Waals surface area contributed by atoms with Crippen LogP contribution in [0.15, 0.2) is 46.8 Å². The third-order valence-corrected chi connectivity index (χ3v) is 4.61. The molecule has 0 bridgehead atoms. The van der Waals surface area contributed by atoms with E-state index >= 15 is 0 Å². The van der Waals surface area contributed by atoms with E-state index in [9.17, 15) is 9.59 Å². The van der Waals surface area contributed by atoms with E-state index in [1.807, 2.05) is 0 Å². The highest BCUT2D eigenvalue weighted by Crippen LogP contribution is 2.35. The van der Waals surface area contributed by atoms with Crippen LogP contribution in [-0.2, 0) is 4.79 Å². The lowest BCUT2D eigenvalue weighted by molar-refractivity contribution is -0.139. The number of Topliss-reactive ketones (excluding diaryl/α,β-unsaturated/α-hetero) is 1.